The van der Waals surface area contributed by atoms with Gasteiger partial charge in [0.05, 0.1) is 13.2 Å². The Morgan fingerprint density at radius 2 is 2.00 bits per heavy atom. The number of ether oxygens (including phenoxy) is 1. The van der Waals surface area contributed by atoms with Gasteiger partial charge in [-0.15, -0.1) is 6.58 Å². The van der Waals surface area contributed by atoms with Crippen molar-refractivity contribution in [2.45, 2.75) is 11.8 Å². The lowest BCUT2D eigenvalue weighted by molar-refractivity contribution is 0.122. The van der Waals surface area contributed by atoms with E-state index in [1.807, 2.05) is 6.08 Å². The minimum atomic E-state index is 0.451. The smallest absolute Gasteiger partial charge is 0.0642 e. The topological polar surface area (TPSA) is 15.7 Å². The molecule has 2 saturated heterocycles. The molecule has 3 heteroatoms. The minimum absolute atomic E-state index is 0.451. The summed E-state index contributed by atoms with van der Waals surface area (Å²) in [5.41, 5.74) is 3.33. The van der Waals surface area contributed by atoms with Crippen LogP contribution in [0.1, 0.15) is 12.0 Å². The third kappa shape index (κ3) is 2.29. The Kier molecular flexibility index (Phi) is 3.27. The molecule has 2 unspecified atom stereocenters. The molecular weight excluding hydrogens is 260 g/mol. The zero-order valence-electron chi connectivity index (χ0n) is 12.6. The maximum atomic E-state index is 5.43. The van der Waals surface area contributed by atoms with E-state index in [2.05, 4.69) is 40.6 Å². The van der Waals surface area contributed by atoms with Gasteiger partial charge in [0.15, 0.2) is 0 Å². The van der Waals surface area contributed by atoms with Crippen molar-refractivity contribution in [3.05, 3.63) is 42.5 Å². The third-order valence-corrected chi connectivity index (χ3v) is 5.42. The molecule has 0 spiro atoms. The summed E-state index contributed by atoms with van der Waals surface area (Å²) in [7, 11) is 0. The van der Waals surface area contributed by atoms with Crippen molar-refractivity contribution in [1.29, 1.82) is 0 Å². The highest BCUT2D eigenvalue weighted by atomic mass is 16.5. The molecule has 0 N–H and O–H groups in total. The van der Waals surface area contributed by atoms with Crippen LogP contribution in [0.3, 0.4) is 0 Å². The number of nitrogens with zero attached hydrogens (tertiary/aromatic N) is 2. The molecule has 0 amide bonds. The molecule has 4 rings (SSSR count). The van der Waals surface area contributed by atoms with Gasteiger partial charge in [-0.05, 0) is 30.0 Å². The van der Waals surface area contributed by atoms with Gasteiger partial charge in [0.2, 0.25) is 0 Å². The fourth-order valence-electron chi connectivity index (χ4n) is 4.18. The molecule has 1 aromatic carbocycles. The van der Waals surface area contributed by atoms with Crippen LogP contribution < -0.4 is 4.90 Å². The van der Waals surface area contributed by atoms with E-state index in [-0.39, 0.29) is 0 Å². The van der Waals surface area contributed by atoms with E-state index in [0.717, 1.165) is 38.8 Å². The zero-order valence-corrected chi connectivity index (χ0v) is 12.6. The van der Waals surface area contributed by atoms with Crippen LogP contribution in [-0.2, 0) is 10.2 Å². The van der Waals surface area contributed by atoms with Gasteiger partial charge in [-0.3, -0.25) is 4.90 Å². The molecule has 2 atom stereocenters. The number of benzene rings is 1. The van der Waals surface area contributed by atoms with Crippen molar-refractivity contribution in [2.24, 2.45) is 5.92 Å². The summed E-state index contributed by atoms with van der Waals surface area (Å²) in [6.45, 7) is 11.1. The Morgan fingerprint density at radius 1 is 1.24 bits per heavy atom. The van der Waals surface area contributed by atoms with Crippen LogP contribution in [0.4, 0.5) is 5.69 Å². The van der Waals surface area contributed by atoms with Crippen LogP contribution in [0.5, 0.6) is 0 Å². The summed E-state index contributed by atoms with van der Waals surface area (Å²) in [6, 6.07) is 9.34. The Morgan fingerprint density at radius 3 is 2.71 bits per heavy atom. The normalized spacial score (nSPS) is 32.0. The van der Waals surface area contributed by atoms with Crippen LogP contribution in [0, 0.1) is 5.92 Å². The zero-order chi connectivity index (χ0) is 14.3. The van der Waals surface area contributed by atoms with Crippen molar-refractivity contribution in [3.63, 3.8) is 0 Å². The molecule has 21 heavy (non-hydrogen) atoms. The van der Waals surface area contributed by atoms with Gasteiger partial charge in [0.1, 0.15) is 0 Å². The fourth-order valence-corrected chi connectivity index (χ4v) is 4.18. The monoisotopic (exact) mass is 284 g/mol. The van der Waals surface area contributed by atoms with Crippen molar-refractivity contribution in [1.82, 2.24) is 4.90 Å². The molecule has 3 nitrogen and oxygen atoms in total. The number of morpholine rings is 1. The predicted octanol–water partition coefficient (Wildman–Crippen LogP) is 2.28. The molecule has 2 aliphatic heterocycles. The molecule has 1 aromatic rings. The van der Waals surface area contributed by atoms with E-state index >= 15 is 0 Å². The van der Waals surface area contributed by atoms with Crippen LogP contribution in [0.2, 0.25) is 0 Å². The molecular formula is C18H24N2O. The van der Waals surface area contributed by atoms with E-state index in [1.165, 1.54) is 30.8 Å². The van der Waals surface area contributed by atoms with Gasteiger partial charge in [-0.25, -0.2) is 0 Å². The van der Waals surface area contributed by atoms with Gasteiger partial charge in [-0.2, -0.15) is 0 Å². The quantitative estimate of drug-likeness (QED) is 0.789. The summed E-state index contributed by atoms with van der Waals surface area (Å²) in [4.78, 5) is 4.96. The highest BCUT2D eigenvalue weighted by Gasteiger charge is 2.60. The molecule has 0 radical (unpaired) electrons. The van der Waals surface area contributed by atoms with Crippen LogP contribution in [0.15, 0.2) is 36.9 Å². The number of rotatable bonds is 4. The third-order valence-electron chi connectivity index (χ3n) is 5.42. The molecule has 3 aliphatic rings. The second-order valence-corrected chi connectivity index (χ2v) is 6.69. The Bertz CT molecular complexity index is 521. The van der Waals surface area contributed by atoms with Gasteiger partial charge in [-0.1, -0.05) is 18.2 Å². The average molecular weight is 284 g/mol. The molecule has 3 fully saturated rings. The van der Waals surface area contributed by atoms with Gasteiger partial charge in [0.25, 0.3) is 0 Å². The van der Waals surface area contributed by atoms with Crippen LogP contribution in [0.25, 0.3) is 0 Å². The van der Waals surface area contributed by atoms with Crippen LogP contribution in [-0.4, -0.2) is 50.8 Å². The molecule has 112 valence electrons. The van der Waals surface area contributed by atoms with E-state index in [4.69, 9.17) is 4.74 Å². The van der Waals surface area contributed by atoms with Gasteiger partial charge >= 0.3 is 0 Å². The first-order valence-electron chi connectivity index (χ1n) is 8.08. The number of anilines is 1. The number of piperidine rings is 1. The van der Waals surface area contributed by atoms with Crippen LogP contribution >= 0.6 is 0 Å². The second-order valence-electron chi connectivity index (χ2n) is 6.69. The van der Waals surface area contributed by atoms with E-state index in [0.29, 0.717) is 5.41 Å². The fraction of sp³-hybridized carbons (Fsp3) is 0.556. The minimum Gasteiger partial charge on any atom is -0.378 e. The Labute approximate surface area is 127 Å². The maximum absolute atomic E-state index is 5.43. The number of hydrogen-bond donors (Lipinski definition) is 0. The number of likely N-dealkylation sites (tertiary alicyclic amines) is 1. The van der Waals surface area contributed by atoms with E-state index in [9.17, 15) is 0 Å². The highest BCUT2D eigenvalue weighted by Crippen LogP contribution is 2.59. The summed E-state index contributed by atoms with van der Waals surface area (Å²) in [5.74, 6) is 0.867. The second kappa shape index (κ2) is 5.15. The van der Waals surface area contributed by atoms with Crippen molar-refractivity contribution < 1.29 is 4.74 Å². The summed E-state index contributed by atoms with van der Waals surface area (Å²) >= 11 is 0. The maximum Gasteiger partial charge on any atom is 0.0642 e. The first kappa shape index (κ1) is 13.4. The lowest BCUT2D eigenvalue weighted by atomic mass is 9.94. The molecule has 0 aromatic heterocycles. The SMILES string of the molecule is C=CCN1CC2CC2(c2ccc(N3CCOCC3)cc2)C1. The van der Waals surface area contributed by atoms with Crippen molar-refractivity contribution >= 4 is 5.69 Å². The lowest BCUT2D eigenvalue weighted by Crippen LogP contribution is -2.36. The van der Waals surface area contributed by atoms with Crippen molar-refractivity contribution in [2.75, 3.05) is 50.8 Å². The largest absolute Gasteiger partial charge is 0.378 e. The first-order chi connectivity index (χ1) is 10.3. The predicted molar refractivity (Wildman–Crippen MR) is 85.9 cm³/mol. The number of fused-ring (bicyclic) bond motifs is 1. The van der Waals surface area contributed by atoms with Gasteiger partial charge < -0.3 is 9.64 Å². The first-order valence-corrected chi connectivity index (χ1v) is 8.08. The Hall–Kier alpha value is -1.32. The summed E-state index contributed by atoms with van der Waals surface area (Å²) < 4.78 is 5.43. The summed E-state index contributed by atoms with van der Waals surface area (Å²) in [5, 5.41) is 0. The Balaban J connectivity index is 1.48. The average Bonchev–Trinajstić information content (AvgIpc) is 3.11. The summed E-state index contributed by atoms with van der Waals surface area (Å²) in [6.07, 6.45) is 3.40. The molecule has 1 saturated carbocycles. The molecule has 2 heterocycles. The van der Waals surface area contributed by atoms with E-state index in [1.54, 1.807) is 0 Å². The van der Waals surface area contributed by atoms with E-state index < -0.39 is 0 Å². The standard InChI is InChI=1S/C18H24N2O/c1-2-7-19-13-16-12-18(16,14-19)15-3-5-17(6-4-15)20-8-10-21-11-9-20/h2-6,16H,1,7-14H2. The molecule has 0 bridgehead atoms. The number of hydrogen-bond acceptors (Lipinski definition) is 3. The lowest BCUT2D eigenvalue weighted by Gasteiger charge is -2.29. The highest BCUT2D eigenvalue weighted by molar-refractivity contribution is 5.51. The molecule has 1 aliphatic carbocycles. The van der Waals surface area contributed by atoms with Gasteiger partial charge in [0, 0.05) is 43.8 Å². The van der Waals surface area contributed by atoms with Crippen molar-refractivity contribution in [3.8, 4) is 0 Å².